The van der Waals surface area contributed by atoms with Crippen LogP contribution in [0.1, 0.15) is 133 Å². The number of carbonyl (C=O) groups excluding carboxylic acids is 1. The van der Waals surface area contributed by atoms with E-state index in [1.807, 2.05) is 0 Å². The van der Waals surface area contributed by atoms with Crippen LogP contribution >= 0.6 is 0 Å². The second kappa shape index (κ2) is 9.57. The number of hydrogen-bond donors (Lipinski definition) is 2. The molecule has 0 heterocycles. The number of carboxylic acids is 2. The maximum absolute atomic E-state index is 13.3. The second-order valence-corrected chi connectivity index (χ2v) is 18.1. The Morgan fingerprint density at radius 3 is 2.14 bits per heavy atom. The van der Waals surface area contributed by atoms with Crippen LogP contribution in [0.25, 0.3) is 0 Å². The van der Waals surface area contributed by atoms with Crippen molar-refractivity contribution in [2.24, 2.45) is 55.7 Å². The Balaban J connectivity index is 1.51. The van der Waals surface area contributed by atoms with Gasteiger partial charge in [0.15, 0.2) is 0 Å². The molecule has 0 aliphatic heterocycles. The summed E-state index contributed by atoms with van der Waals surface area (Å²) in [5, 5.41) is 20.0. The van der Waals surface area contributed by atoms with Crippen LogP contribution in [-0.4, -0.2) is 34.2 Å². The van der Waals surface area contributed by atoms with Crippen LogP contribution in [0.4, 0.5) is 0 Å². The van der Waals surface area contributed by atoms with Gasteiger partial charge >= 0.3 is 17.9 Å². The van der Waals surface area contributed by atoms with Gasteiger partial charge in [0.2, 0.25) is 0 Å². The predicted octanol–water partition coefficient (Wildman–Crippen LogP) is 8.29. The van der Waals surface area contributed by atoms with Crippen molar-refractivity contribution in [3.63, 3.8) is 0 Å². The molecule has 4 saturated carbocycles. The Labute approximate surface area is 253 Å². The molecule has 2 N–H and O–H groups in total. The molecule has 6 nitrogen and oxygen atoms in total. The van der Waals surface area contributed by atoms with Crippen molar-refractivity contribution in [3.8, 4) is 0 Å². The highest BCUT2D eigenvalue weighted by atomic mass is 16.5. The SMILES string of the molecule is CC1(C)CC[C@]2(C(=O)O)CC[C@]3(C)C(=CCC4[C@@]5(C)C[C@H](OC(=O)C(C)(C)CC(=O)O)CC(C)(C)C5CC[C@]43C)C2C1. The van der Waals surface area contributed by atoms with Gasteiger partial charge in [-0.2, -0.15) is 0 Å². The highest BCUT2D eigenvalue weighted by Crippen LogP contribution is 2.75. The maximum atomic E-state index is 13.3. The number of ether oxygens (including phenoxy) is 1. The van der Waals surface area contributed by atoms with Crippen LogP contribution < -0.4 is 0 Å². The van der Waals surface area contributed by atoms with Crippen molar-refractivity contribution < 1.29 is 29.3 Å². The van der Waals surface area contributed by atoms with Crippen molar-refractivity contribution in [3.05, 3.63) is 11.6 Å². The zero-order valence-electron chi connectivity index (χ0n) is 27.7. The van der Waals surface area contributed by atoms with Crippen molar-refractivity contribution in [1.82, 2.24) is 0 Å². The molecule has 0 aromatic carbocycles. The molecule has 8 atom stereocenters. The van der Waals surface area contributed by atoms with E-state index in [9.17, 15) is 24.6 Å². The molecule has 0 spiro atoms. The van der Waals surface area contributed by atoms with Crippen molar-refractivity contribution in [2.75, 3.05) is 0 Å². The smallest absolute Gasteiger partial charge is 0.312 e. The lowest BCUT2D eigenvalue weighted by Crippen LogP contribution is -2.65. The lowest BCUT2D eigenvalue weighted by molar-refractivity contribution is -0.210. The fourth-order valence-corrected chi connectivity index (χ4v) is 11.7. The van der Waals surface area contributed by atoms with E-state index < -0.39 is 28.7 Å². The Morgan fingerprint density at radius 1 is 0.881 bits per heavy atom. The van der Waals surface area contributed by atoms with E-state index in [1.54, 1.807) is 13.8 Å². The number of rotatable bonds is 5. The number of carboxylic acid groups (broad SMARTS) is 2. The fraction of sp³-hybridized carbons (Fsp3) is 0.861. The van der Waals surface area contributed by atoms with Crippen LogP contribution in [0.2, 0.25) is 0 Å². The van der Waals surface area contributed by atoms with Crippen molar-refractivity contribution in [2.45, 2.75) is 139 Å². The quantitative estimate of drug-likeness (QED) is 0.249. The van der Waals surface area contributed by atoms with Gasteiger partial charge in [0.1, 0.15) is 6.10 Å². The molecule has 5 aliphatic rings. The summed E-state index contributed by atoms with van der Waals surface area (Å²) in [5.74, 6) is -1.01. The average molecular weight is 585 g/mol. The van der Waals surface area contributed by atoms with Gasteiger partial charge in [-0.25, -0.2) is 0 Å². The Kier molecular flexibility index (Phi) is 7.20. The number of aliphatic carboxylic acids is 2. The first-order chi connectivity index (χ1) is 19.1. The molecule has 0 aromatic heterocycles. The summed E-state index contributed by atoms with van der Waals surface area (Å²) >= 11 is 0. The van der Waals surface area contributed by atoms with E-state index in [1.165, 1.54) is 5.57 Å². The Bertz CT molecular complexity index is 1200. The van der Waals surface area contributed by atoms with Gasteiger partial charge in [-0.1, -0.05) is 60.1 Å². The molecule has 0 radical (unpaired) electrons. The molecule has 0 saturated heterocycles. The molecule has 5 rings (SSSR count). The van der Waals surface area contributed by atoms with Gasteiger partial charge in [0.25, 0.3) is 0 Å². The van der Waals surface area contributed by atoms with E-state index in [0.29, 0.717) is 11.8 Å². The third-order valence-electron chi connectivity index (χ3n) is 14.1. The summed E-state index contributed by atoms with van der Waals surface area (Å²) in [6.07, 6.45) is 11.2. The topological polar surface area (TPSA) is 101 Å². The van der Waals surface area contributed by atoms with E-state index in [4.69, 9.17) is 4.74 Å². The molecule has 6 heteroatoms. The number of hydrogen-bond acceptors (Lipinski definition) is 4. The summed E-state index contributed by atoms with van der Waals surface area (Å²) in [6, 6.07) is 0. The van der Waals surface area contributed by atoms with Crippen molar-refractivity contribution in [1.29, 1.82) is 0 Å². The van der Waals surface area contributed by atoms with Gasteiger partial charge in [-0.05, 0) is 123 Å². The molecular formula is C36H56O6. The van der Waals surface area contributed by atoms with E-state index in [0.717, 1.165) is 64.2 Å². The molecule has 0 aromatic rings. The molecule has 4 fully saturated rings. The summed E-state index contributed by atoms with van der Waals surface area (Å²) in [6.45, 7) is 20.0. The van der Waals surface area contributed by atoms with Gasteiger partial charge in [0, 0.05) is 0 Å². The first-order valence-corrected chi connectivity index (χ1v) is 16.5. The molecule has 42 heavy (non-hydrogen) atoms. The lowest BCUT2D eigenvalue weighted by Gasteiger charge is -2.71. The number of carbonyl (C=O) groups is 3. The van der Waals surface area contributed by atoms with E-state index >= 15 is 0 Å². The standard InChI is InChI=1S/C36H56O6/c1-30(2)14-16-36(28(39)40)17-15-34(8)23(24(36)20-30)10-11-26-33(7)19-22(42-29(41)32(5,6)21-27(37)38)18-31(3,4)25(33)12-13-35(26,34)9/h10,22,24-26H,11-21H2,1-9H3,(H,37,38)(H,39,40)/t22-,24?,25?,26?,33+,34-,35-,36+/m1/s1. The minimum atomic E-state index is -1.07. The largest absolute Gasteiger partial charge is 0.481 e. The number of esters is 1. The summed E-state index contributed by atoms with van der Waals surface area (Å²) in [5.41, 5.74) is -0.232. The van der Waals surface area contributed by atoms with Crippen molar-refractivity contribution >= 4 is 17.9 Å². The summed E-state index contributed by atoms with van der Waals surface area (Å²) < 4.78 is 6.20. The maximum Gasteiger partial charge on any atom is 0.312 e. The zero-order chi connectivity index (χ0) is 31.3. The summed E-state index contributed by atoms with van der Waals surface area (Å²) in [4.78, 5) is 37.6. The van der Waals surface area contributed by atoms with E-state index in [2.05, 4.69) is 54.5 Å². The third-order valence-corrected chi connectivity index (χ3v) is 14.1. The van der Waals surface area contributed by atoms with Crippen LogP contribution in [0.5, 0.6) is 0 Å². The van der Waals surface area contributed by atoms with Crippen LogP contribution in [0, 0.1) is 55.7 Å². The Morgan fingerprint density at radius 2 is 1.52 bits per heavy atom. The Hall–Kier alpha value is -1.85. The number of fused-ring (bicyclic) bond motifs is 7. The second-order valence-electron chi connectivity index (χ2n) is 18.1. The van der Waals surface area contributed by atoms with Gasteiger partial charge in [0.05, 0.1) is 17.3 Å². The van der Waals surface area contributed by atoms with Gasteiger partial charge < -0.3 is 14.9 Å². The lowest BCUT2D eigenvalue weighted by atomic mass is 9.33. The molecule has 0 bridgehead atoms. The van der Waals surface area contributed by atoms with E-state index in [-0.39, 0.29) is 45.5 Å². The number of allylic oxidation sites excluding steroid dienone is 2. The van der Waals surface area contributed by atoms with Crippen LogP contribution in [-0.2, 0) is 19.1 Å². The molecular weight excluding hydrogens is 528 g/mol. The van der Waals surface area contributed by atoms with Gasteiger partial charge in [-0.15, -0.1) is 0 Å². The highest BCUT2D eigenvalue weighted by Gasteiger charge is 2.69. The highest BCUT2D eigenvalue weighted by molar-refractivity contribution is 5.82. The molecule has 0 amide bonds. The third kappa shape index (κ3) is 4.50. The van der Waals surface area contributed by atoms with Crippen LogP contribution in [0.15, 0.2) is 11.6 Å². The summed E-state index contributed by atoms with van der Waals surface area (Å²) in [7, 11) is 0. The molecule has 3 unspecified atom stereocenters. The first kappa shape index (κ1) is 31.6. The van der Waals surface area contributed by atoms with Crippen LogP contribution in [0.3, 0.4) is 0 Å². The molecule has 236 valence electrons. The normalized spacial score (nSPS) is 43.9. The predicted molar refractivity (Wildman–Crippen MR) is 163 cm³/mol. The monoisotopic (exact) mass is 584 g/mol. The minimum absolute atomic E-state index is 0.0144. The zero-order valence-corrected chi connectivity index (χ0v) is 27.7. The minimum Gasteiger partial charge on any atom is -0.481 e. The molecule has 5 aliphatic carbocycles. The average Bonchev–Trinajstić information content (AvgIpc) is 2.82. The van der Waals surface area contributed by atoms with Gasteiger partial charge in [-0.3, -0.25) is 14.4 Å². The first-order valence-electron chi connectivity index (χ1n) is 16.5. The fourth-order valence-electron chi connectivity index (χ4n) is 11.7.